The van der Waals surface area contributed by atoms with Gasteiger partial charge in [-0.05, 0) is 52.6 Å². The number of ether oxygens (including phenoxy) is 1. The van der Waals surface area contributed by atoms with Crippen LogP contribution < -0.4 is 5.73 Å². The van der Waals surface area contributed by atoms with Crippen LogP contribution in [0, 0.1) is 13.8 Å². The number of nitrogen functional groups attached to an aromatic ring is 1. The molecule has 0 unspecified atom stereocenters. The molecule has 4 N–H and O–H groups in total. The summed E-state index contributed by atoms with van der Waals surface area (Å²) in [6.07, 6.45) is 0. The van der Waals surface area contributed by atoms with E-state index in [-0.39, 0.29) is 0 Å². The summed E-state index contributed by atoms with van der Waals surface area (Å²) in [5.41, 5.74) is 10.4. The van der Waals surface area contributed by atoms with Crippen molar-refractivity contribution in [3.8, 4) is 5.75 Å². The molecule has 0 bridgehead atoms. The Balaban J connectivity index is 2.02. The SMILES string of the molecule is CCOCc1nc2c(N)nc(C)c(Sc3cc(O)c(CN(C)C)cc3C)c2[nH]1. The average Bonchev–Trinajstić information content (AvgIpc) is 3.05. The Morgan fingerprint density at radius 1 is 1.25 bits per heavy atom. The number of H-pyrrole nitrogens is 1. The van der Waals surface area contributed by atoms with E-state index in [1.54, 1.807) is 11.8 Å². The number of hydrogen-bond donors (Lipinski definition) is 3. The molecule has 0 spiro atoms. The molecule has 8 heteroatoms. The number of phenolic OH excluding ortho intramolecular Hbond substituents is 1. The maximum absolute atomic E-state index is 10.5. The number of benzene rings is 1. The van der Waals surface area contributed by atoms with Gasteiger partial charge in [-0.25, -0.2) is 9.97 Å². The van der Waals surface area contributed by atoms with Crippen LogP contribution >= 0.6 is 11.8 Å². The number of aromatic nitrogens is 3. The van der Waals surface area contributed by atoms with Crippen LogP contribution in [0.4, 0.5) is 5.82 Å². The van der Waals surface area contributed by atoms with Gasteiger partial charge in [0.1, 0.15) is 23.7 Å². The molecular weight excluding hydrogens is 374 g/mol. The lowest BCUT2D eigenvalue weighted by molar-refractivity contribution is 0.129. The van der Waals surface area contributed by atoms with Crippen LogP contribution in [-0.2, 0) is 17.9 Å². The number of nitrogens with one attached hydrogen (secondary N) is 1. The third-order valence-corrected chi connectivity index (χ3v) is 5.72. The molecule has 2 aromatic heterocycles. The molecule has 28 heavy (non-hydrogen) atoms. The number of nitrogens with zero attached hydrogens (tertiary/aromatic N) is 3. The minimum atomic E-state index is 0.292. The van der Waals surface area contributed by atoms with Gasteiger partial charge in [-0.3, -0.25) is 0 Å². The van der Waals surface area contributed by atoms with Crippen LogP contribution in [0.1, 0.15) is 29.6 Å². The normalized spacial score (nSPS) is 11.6. The Hall–Kier alpha value is -2.29. The van der Waals surface area contributed by atoms with Crippen LogP contribution in [0.25, 0.3) is 11.0 Å². The Morgan fingerprint density at radius 2 is 2.00 bits per heavy atom. The monoisotopic (exact) mass is 401 g/mol. The number of rotatable bonds is 7. The number of phenols is 1. The van der Waals surface area contributed by atoms with E-state index in [1.165, 1.54) is 0 Å². The number of fused-ring (bicyclic) bond motifs is 1. The number of pyridine rings is 1. The zero-order chi connectivity index (χ0) is 20.4. The van der Waals surface area contributed by atoms with Gasteiger partial charge in [-0.15, -0.1) is 0 Å². The summed E-state index contributed by atoms with van der Waals surface area (Å²) in [7, 11) is 3.96. The summed E-state index contributed by atoms with van der Waals surface area (Å²) < 4.78 is 5.46. The maximum atomic E-state index is 10.5. The molecule has 3 rings (SSSR count). The van der Waals surface area contributed by atoms with Crippen molar-refractivity contribution >= 4 is 28.6 Å². The van der Waals surface area contributed by atoms with E-state index in [0.29, 0.717) is 36.8 Å². The highest BCUT2D eigenvalue weighted by Gasteiger charge is 2.17. The zero-order valence-corrected chi connectivity index (χ0v) is 17.8. The summed E-state index contributed by atoms with van der Waals surface area (Å²) >= 11 is 1.55. The summed E-state index contributed by atoms with van der Waals surface area (Å²) in [4.78, 5) is 16.3. The van der Waals surface area contributed by atoms with E-state index in [4.69, 9.17) is 10.5 Å². The molecule has 0 atom stereocenters. The molecule has 3 aromatic rings. The molecule has 0 saturated heterocycles. The van der Waals surface area contributed by atoms with Crippen LogP contribution in [0.15, 0.2) is 21.9 Å². The van der Waals surface area contributed by atoms with Crippen LogP contribution in [0.3, 0.4) is 0 Å². The number of nitrogens with two attached hydrogens (primary N) is 1. The number of anilines is 1. The predicted octanol–water partition coefficient (Wildman–Crippen LogP) is 3.61. The minimum Gasteiger partial charge on any atom is -0.508 e. The fourth-order valence-electron chi connectivity index (χ4n) is 3.05. The Morgan fingerprint density at radius 3 is 2.68 bits per heavy atom. The second kappa shape index (κ2) is 8.38. The van der Waals surface area contributed by atoms with Gasteiger partial charge in [0, 0.05) is 23.6 Å². The summed E-state index contributed by atoms with van der Waals surface area (Å²) in [5.74, 6) is 1.41. The minimum absolute atomic E-state index is 0.292. The van der Waals surface area contributed by atoms with Crippen molar-refractivity contribution in [2.75, 3.05) is 26.4 Å². The molecule has 0 amide bonds. The van der Waals surface area contributed by atoms with E-state index in [9.17, 15) is 5.11 Å². The maximum Gasteiger partial charge on any atom is 0.151 e. The van der Waals surface area contributed by atoms with E-state index < -0.39 is 0 Å². The number of imidazole rings is 1. The number of aromatic hydroxyl groups is 1. The van der Waals surface area contributed by atoms with Crippen LogP contribution in [-0.4, -0.2) is 45.7 Å². The molecule has 0 aliphatic carbocycles. The van der Waals surface area contributed by atoms with Gasteiger partial charge in [-0.2, -0.15) is 0 Å². The highest BCUT2D eigenvalue weighted by atomic mass is 32.2. The van der Waals surface area contributed by atoms with Gasteiger partial charge < -0.3 is 25.5 Å². The van der Waals surface area contributed by atoms with Crippen molar-refractivity contribution in [1.29, 1.82) is 0 Å². The van der Waals surface area contributed by atoms with Crippen molar-refractivity contribution in [1.82, 2.24) is 19.9 Å². The molecule has 2 heterocycles. The smallest absolute Gasteiger partial charge is 0.151 e. The Labute approximate surface area is 169 Å². The molecule has 0 saturated carbocycles. The van der Waals surface area contributed by atoms with E-state index in [1.807, 2.05) is 51.9 Å². The van der Waals surface area contributed by atoms with E-state index >= 15 is 0 Å². The molecule has 0 aliphatic rings. The average molecular weight is 402 g/mol. The first-order chi connectivity index (χ1) is 13.3. The molecule has 0 fully saturated rings. The van der Waals surface area contributed by atoms with Crippen molar-refractivity contribution in [2.45, 2.75) is 43.7 Å². The summed E-state index contributed by atoms with van der Waals surface area (Å²) in [6, 6.07) is 3.85. The topological polar surface area (TPSA) is 100 Å². The van der Waals surface area contributed by atoms with Crippen LogP contribution in [0.2, 0.25) is 0 Å². The van der Waals surface area contributed by atoms with Gasteiger partial charge >= 0.3 is 0 Å². The van der Waals surface area contributed by atoms with E-state index in [2.05, 4.69) is 15.0 Å². The van der Waals surface area contributed by atoms with Gasteiger partial charge in [0.2, 0.25) is 0 Å². The molecule has 0 aliphatic heterocycles. The third-order valence-electron chi connectivity index (χ3n) is 4.36. The van der Waals surface area contributed by atoms with Crippen molar-refractivity contribution in [2.24, 2.45) is 0 Å². The molecule has 150 valence electrons. The lowest BCUT2D eigenvalue weighted by atomic mass is 10.1. The first kappa shape index (κ1) is 20.4. The Kier molecular flexibility index (Phi) is 6.12. The number of hydrogen-bond acceptors (Lipinski definition) is 7. The number of aromatic amines is 1. The largest absolute Gasteiger partial charge is 0.508 e. The molecule has 1 aromatic carbocycles. The summed E-state index contributed by atoms with van der Waals surface area (Å²) in [6.45, 7) is 7.61. The van der Waals surface area contributed by atoms with Crippen LogP contribution in [0.5, 0.6) is 5.75 Å². The van der Waals surface area contributed by atoms with E-state index in [0.717, 1.165) is 38.0 Å². The Bertz CT molecular complexity index is 1000. The highest BCUT2D eigenvalue weighted by molar-refractivity contribution is 7.99. The number of aryl methyl sites for hydroxylation is 2. The van der Waals surface area contributed by atoms with Crippen molar-refractivity contribution < 1.29 is 9.84 Å². The van der Waals surface area contributed by atoms with Gasteiger partial charge in [-0.1, -0.05) is 11.8 Å². The first-order valence-corrected chi connectivity index (χ1v) is 9.99. The highest BCUT2D eigenvalue weighted by Crippen LogP contribution is 2.39. The molecular formula is C20H27N5O2S. The quantitative estimate of drug-likeness (QED) is 0.556. The predicted molar refractivity (Wildman–Crippen MR) is 113 cm³/mol. The van der Waals surface area contributed by atoms with Gasteiger partial charge in [0.15, 0.2) is 5.82 Å². The standard InChI is InChI=1S/C20H27N5O2S/c1-6-27-10-16-23-17-18(24-16)20(21)22-12(3)19(17)28-15-8-14(26)13(7-11(15)2)9-25(4)5/h7-8,26H,6,9-10H2,1-5H3,(H2,21,22)(H,23,24). The van der Waals surface area contributed by atoms with Crippen molar-refractivity contribution in [3.05, 3.63) is 34.8 Å². The zero-order valence-electron chi connectivity index (χ0n) is 17.0. The second-order valence-electron chi connectivity index (χ2n) is 7.04. The van der Waals surface area contributed by atoms with Gasteiger partial charge in [0.25, 0.3) is 0 Å². The first-order valence-electron chi connectivity index (χ1n) is 9.17. The van der Waals surface area contributed by atoms with Crippen molar-refractivity contribution in [3.63, 3.8) is 0 Å². The summed E-state index contributed by atoms with van der Waals surface area (Å²) in [5, 5.41) is 10.5. The lowest BCUT2D eigenvalue weighted by Crippen LogP contribution is -2.11. The molecule has 7 nitrogen and oxygen atoms in total. The second-order valence-corrected chi connectivity index (χ2v) is 8.09. The fraction of sp³-hybridized carbons (Fsp3) is 0.400. The van der Waals surface area contributed by atoms with Gasteiger partial charge in [0.05, 0.1) is 16.1 Å². The fourth-order valence-corrected chi connectivity index (χ4v) is 4.11. The third kappa shape index (κ3) is 4.24. The lowest BCUT2D eigenvalue weighted by Gasteiger charge is -2.15. The molecule has 0 radical (unpaired) electrons.